The lowest BCUT2D eigenvalue weighted by Crippen LogP contribution is -2.25. The van der Waals surface area contributed by atoms with Crippen LogP contribution in [0.5, 0.6) is 0 Å². The van der Waals surface area contributed by atoms with E-state index in [0.29, 0.717) is 32.1 Å². The number of allylic oxidation sites excluding steroid dienone is 3. The molecule has 0 aromatic rings. The molecule has 0 amide bonds. The molecule has 0 saturated heterocycles. The van der Waals surface area contributed by atoms with Crippen molar-refractivity contribution in [3.05, 3.63) is 24.3 Å². The number of unbranched alkanes of at least 4 members (excludes halogenated alkanes) is 1. The Morgan fingerprint density at radius 1 is 1.41 bits per heavy atom. The van der Waals surface area contributed by atoms with Crippen molar-refractivity contribution < 1.29 is 24.9 Å². The van der Waals surface area contributed by atoms with Crippen LogP contribution in [0.2, 0.25) is 0 Å². The number of terminal acetylenes is 1. The first-order valence-electron chi connectivity index (χ1n) is 9.78. The van der Waals surface area contributed by atoms with Gasteiger partial charge < -0.3 is 15.3 Å². The first-order chi connectivity index (χ1) is 12.8. The normalized spacial score (nSPS) is 23.6. The maximum atomic E-state index is 12.1. The molecule has 5 heteroatoms. The molecule has 150 valence electrons. The molecule has 3 N–H and O–H groups in total. The third-order valence-corrected chi connectivity index (χ3v) is 5.15. The van der Waals surface area contributed by atoms with E-state index in [1.165, 1.54) is 0 Å². The van der Waals surface area contributed by atoms with Crippen LogP contribution < -0.4 is 0 Å². The summed E-state index contributed by atoms with van der Waals surface area (Å²) in [5.41, 5.74) is -1.12. The number of aliphatic hydroxyl groups is 2. The number of ketones is 1. The van der Waals surface area contributed by atoms with E-state index in [0.717, 1.165) is 19.3 Å². The molecule has 0 aliphatic heterocycles. The molecular formula is C22H32O5. The Morgan fingerprint density at radius 2 is 2.15 bits per heavy atom. The van der Waals surface area contributed by atoms with Gasteiger partial charge in [0.2, 0.25) is 0 Å². The fourth-order valence-electron chi connectivity index (χ4n) is 3.35. The Labute approximate surface area is 162 Å². The monoisotopic (exact) mass is 376 g/mol. The number of carboxylic acids is 1. The van der Waals surface area contributed by atoms with Crippen molar-refractivity contribution in [2.24, 2.45) is 11.8 Å². The van der Waals surface area contributed by atoms with Crippen LogP contribution in [0.25, 0.3) is 0 Å². The van der Waals surface area contributed by atoms with Gasteiger partial charge in [-0.15, -0.1) is 6.42 Å². The standard InChI is InChI=1S/C22H32O5/c1-3-5-15-22(27,4-2)16-9-10-17-13-14-19(23)18(17)11-7-6-8-12-20(24)21(25)26/h2,6-7,9-10,17-18,20,24,27H,3,5,8,11-16H2,1H3,(H,25,26)/t17-,18+,20?,22?/m0/s1. The van der Waals surface area contributed by atoms with Crippen LogP contribution in [-0.2, 0) is 9.59 Å². The number of hydrogen-bond acceptors (Lipinski definition) is 4. The quantitative estimate of drug-likeness (QED) is 0.359. The van der Waals surface area contributed by atoms with Crippen molar-refractivity contribution in [1.29, 1.82) is 0 Å². The molecular weight excluding hydrogens is 344 g/mol. The molecule has 0 aromatic carbocycles. The minimum Gasteiger partial charge on any atom is -0.479 e. The van der Waals surface area contributed by atoms with Crippen molar-refractivity contribution in [2.75, 3.05) is 0 Å². The van der Waals surface area contributed by atoms with E-state index in [9.17, 15) is 19.8 Å². The SMILES string of the molecule is C#CC(O)(CC=C[C@H]1CCC(=O)[C@@H]1CC=CCCC(O)C(=O)O)CCCC. The number of aliphatic carboxylic acids is 1. The zero-order chi connectivity index (χ0) is 20.3. The fraction of sp³-hybridized carbons (Fsp3) is 0.636. The predicted molar refractivity (Wildman–Crippen MR) is 105 cm³/mol. The van der Waals surface area contributed by atoms with Gasteiger partial charge in [-0.05, 0) is 44.4 Å². The van der Waals surface area contributed by atoms with Gasteiger partial charge in [0.1, 0.15) is 11.4 Å². The van der Waals surface area contributed by atoms with Crippen molar-refractivity contribution in [3.8, 4) is 12.3 Å². The summed E-state index contributed by atoms with van der Waals surface area (Å²) in [5, 5.41) is 28.3. The topological polar surface area (TPSA) is 94.8 Å². The van der Waals surface area contributed by atoms with E-state index in [2.05, 4.69) is 12.8 Å². The molecule has 1 saturated carbocycles. The Hall–Kier alpha value is -1.90. The average Bonchev–Trinajstić information content (AvgIpc) is 2.99. The molecule has 27 heavy (non-hydrogen) atoms. The number of aliphatic hydroxyl groups excluding tert-OH is 1. The second kappa shape index (κ2) is 11.7. The lowest BCUT2D eigenvalue weighted by Gasteiger charge is -2.20. The summed E-state index contributed by atoms with van der Waals surface area (Å²) in [5.74, 6) is 1.56. The molecule has 0 aromatic heterocycles. The lowest BCUT2D eigenvalue weighted by molar-refractivity contribution is -0.146. The molecule has 0 bridgehead atoms. The van der Waals surface area contributed by atoms with E-state index in [1.54, 1.807) is 0 Å². The van der Waals surface area contributed by atoms with Crippen LogP contribution in [0, 0.1) is 24.2 Å². The van der Waals surface area contributed by atoms with Gasteiger partial charge in [0.25, 0.3) is 0 Å². The fourth-order valence-corrected chi connectivity index (χ4v) is 3.35. The van der Waals surface area contributed by atoms with Crippen molar-refractivity contribution in [1.82, 2.24) is 0 Å². The summed E-state index contributed by atoms with van der Waals surface area (Å²) in [4.78, 5) is 22.7. The van der Waals surface area contributed by atoms with Crippen LogP contribution in [0.3, 0.4) is 0 Å². The summed E-state index contributed by atoms with van der Waals surface area (Å²) in [6.45, 7) is 2.05. The highest BCUT2D eigenvalue weighted by Crippen LogP contribution is 2.33. The van der Waals surface area contributed by atoms with E-state index in [1.807, 2.05) is 24.3 Å². The van der Waals surface area contributed by atoms with Gasteiger partial charge in [-0.2, -0.15) is 0 Å². The highest BCUT2D eigenvalue weighted by atomic mass is 16.4. The van der Waals surface area contributed by atoms with Crippen molar-refractivity contribution in [3.63, 3.8) is 0 Å². The average molecular weight is 376 g/mol. The maximum absolute atomic E-state index is 12.1. The number of carbonyl (C=O) groups is 2. The van der Waals surface area contributed by atoms with Crippen LogP contribution in [-0.4, -0.2) is 38.8 Å². The molecule has 0 radical (unpaired) electrons. The largest absolute Gasteiger partial charge is 0.479 e. The first-order valence-corrected chi connectivity index (χ1v) is 9.78. The summed E-state index contributed by atoms with van der Waals surface area (Å²) < 4.78 is 0. The van der Waals surface area contributed by atoms with E-state index < -0.39 is 17.7 Å². The van der Waals surface area contributed by atoms with Gasteiger partial charge in [-0.3, -0.25) is 4.79 Å². The Kier molecular flexibility index (Phi) is 10.1. The third kappa shape index (κ3) is 8.11. The summed E-state index contributed by atoms with van der Waals surface area (Å²) in [6, 6.07) is 0. The van der Waals surface area contributed by atoms with Gasteiger partial charge in [-0.1, -0.05) is 43.6 Å². The van der Waals surface area contributed by atoms with Crippen LogP contribution in [0.4, 0.5) is 0 Å². The van der Waals surface area contributed by atoms with Gasteiger partial charge in [0.15, 0.2) is 6.10 Å². The summed E-state index contributed by atoms with van der Waals surface area (Å²) in [6.07, 6.45) is 17.1. The molecule has 4 atom stereocenters. The van der Waals surface area contributed by atoms with E-state index in [-0.39, 0.29) is 24.0 Å². The summed E-state index contributed by atoms with van der Waals surface area (Å²) in [7, 11) is 0. The number of rotatable bonds is 12. The molecule has 1 aliphatic rings. The number of carbonyl (C=O) groups excluding carboxylic acids is 1. The van der Waals surface area contributed by atoms with Crippen LogP contribution in [0.1, 0.15) is 64.7 Å². The predicted octanol–water partition coefficient (Wildman–Crippen LogP) is 3.25. The van der Waals surface area contributed by atoms with Crippen molar-refractivity contribution in [2.45, 2.75) is 76.4 Å². The zero-order valence-corrected chi connectivity index (χ0v) is 16.1. The van der Waals surface area contributed by atoms with Crippen molar-refractivity contribution >= 4 is 11.8 Å². The number of carboxylic acid groups (broad SMARTS) is 1. The number of Topliss-reactive ketones (excluding diaryl/α,β-unsaturated/α-hetero) is 1. The van der Waals surface area contributed by atoms with Crippen LogP contribution >= 0.6 is 0 Å². The molecule has 5 nitrogen and oxygen atoms in total. The molecule has 1 aliphatic carbocycles. The Balaban J connectivity index is 2.51. The van der Waals surface area contributed by atoms with Gasteiger partial charge >= 0.3 is 5.97 Å². The van der Waals surface area contributed by atoms with E-state index >= 15 is 0 Å². The summed E-state index contributed by atoms with van der Waals surface area (Å²) >= 11 is 0. The van der Waals surface area contributed by atoms with Gasteiger partial charge in [-0.25, -0.2) is 4.79 Å². The highest BCUT2D eigenvalue weighted by Gasteiger charge is 2.32. The second-order valence-electron chi connectivity index (χ2n) is 7.33. The first kappa shape index (κ1) is 23.1. The van der Waals surface area contributed by atoms with Gasteiger partial charge in [0.05, 0.1) is 0 Å². The Bertz CT molecular complexity index is 586. The minimum absolute atomic E-state index is 0.0866. The highest BCUT2D eigenvalue weighted by molar-refractivity contribution is 5.83. The smallest absolute Gasteiger partial charge is 0.332 e. The van der Waals surface area contributed by atoms with E-state index in [4.69, 9.17) is 11.5 Å². The Morgan fingerprint density at radius 3 is 2.78 bits per heavy atom. The second-order valence-corrected chi connectivity index (χ2v) is 7.33. The molecule has 2 unspecified atom stereocenters. The molecule has 1 rings (SSSR count). The maximum Gasteiger partial charge on any atom is 0.332 e. The minimum atomic E-state index is -1.35. The van der Waals surface area contributed by atoms with Crippen LogP contribution in [0.15, 0.2) is 24.3 Å². The lowest BCUT2D eigenvalue weighted by atomic mass is 9.89. The molecule has 1 fully saturated rings. The zero-order valence-electron chi connectivity index (χ0n) is 16.1. The molecule has 0 spiro atoms. The van der Waals surface area contributed by atoms with Gasteiger partial charge in [0, 0.05) is 18.8 Å². The number of hydrogen-bond donors (Lipinski definition) is 3. The molecule has 0 heterocycles. The third-order valence-electron chi connectivity index (χ3n) is 5.15.